The summed E-state index contributed by atoms with van der Waals surface area (Å²) in [4.78, 5) is 29.2. The van der Waals surface area contributed by atoms with Gasteiger partial charge >= 0.3 is 0 Å². The number of aryl methyl sites for hydroxylation is 1. The van der Waals surface area contributed by atoms with E-state index in [1.165, 1.54) is 4.90 Å². The number of rotatable bonds is 10. The quantitative estimate of drug-likeness (QED) is 0.419. The number of nitrogens with zero attached hydrogens (tertiary/aromatic N) is 2. The molecule has 3 aromatic rings. The SMILES string of the molecule is Cc1ccccc1CN(C(=O)CN(c1ccccc1)S(C)(=O)=O)C(Cc1ccccc1)C(=O)NC(C)(C)C. The van der Waals surface area contributed by atoms with Gasteiger partial charge in [-0.3, -0.25) is 13.9 Å². The Kier molecular flexibility index (Phi) is 9.33. The van der Waals surface area contributed by atoms with Crippen LogP contribution in [0.2, 0.25) is 0 Å². The Bertz CT molecular complexity index is 1340. The molecule has 1 unspecified atom stereocenters. The molecule has 0 radical (unpaired) electrons. The number of amides is 2. The van der Waals surface area contributed by atoms with Crippen molar-refractivity contribution in [1.29, 1.82) is 0 Å². The number of carbonyl (C=O) groups excluding carboxylic acids is 2. The fraction of sp³-hybridized carbons (Fsp3) is 0.333. The number of para-hydroxylation sites is 1. The molecule has 1 atom stereocenters. The lowest BCUT2D eigenvalue weighted by molar-refractivity contribution is -0.140. The van der Waals surface area contributed by atoms with Crippen LogP contribution in [0.3, 0.4) is 0 Å². The molecule has 0 aliphatic carbocycles. The summed E-state index contributed by atoms with van der Waals surface area (Å²) in [6.07, 6.45) is 1.36. The van der Waals surface area contributed by atoms with Crippen LogP contribution in [0.1, 0.15) is 37.5 Å². The first-order valence-corrected chi connectivity index (χ1v) is 14.4. The van der Waals surface area contributed by atoms with E-state index in [4.69, 9.17) is 0 Å². The van der Waals surface area contributed by atoms with Gasteiger partial charge in [-0.2, -0.15) is 0 Å². The Balaban J connectivity index is 2.07. The minimum Gasteiger partial charge on any atom is -0.350 e. The van der Waals surface area contributed by atoms with Gasteiger partial charge in [-0.05, 0) is 56.5 Å². The highest BCUT2D eigenvalue weighted by Crippen LogP contribution is 2.21. The number of carbonyl (C=O) groups is 2. The maximum Gasteiger partial charge on any atom is 0.244 e. The molecule has 0 aromatic heterocycles. The summed E-state index contributed by atoms with van der Waals surface area (Å²) >= 11 is 0. The maximum atomic E-state index is 14.0. The first-order chi connectivity index (χ1) is 17.8. The van der Waals surface area contributed by atoms with E-state index in [-0.39, 0.29) is 18.9 Å². The summed E-state index contributed by atoms with van der Waals surface area (Å²) in [5.74, 6) is -0.763. The number of hydrogen-bond donors (Lipinski definition) is 1. The molecule has 0 spiro atoms. The Morgan fingerprint density at radius 1 is 0.868 bits per heavy atom. The van der Waals surface area contributed by atoms with Gasteiger partial charge < -0.3 is 10.2 Å². The summed E-state index contributed by atoms with van der Waals surface area (Å²) in [5, 5.41) is 3.03. The summed E-state index contributed by atoms with van der Waals surface area (Å²) < 4.78 is 26.6. The first-order valence-electron chi connectivity index (χ1n) is 12.6. The van der Waals surface area contributed by atoms with Crippen molar-refractivity contribution in [3.05, 3.63) is 102 Å². The van der Waals surface area contributed by atoms with Gasteiger partial charge in [0.2, 0.25) is 21.8 Å². The third kappa shape index (κ3) is 8.18. The molecule has 0 saturated heterocycles. The van der Waals surface area contributed by atoms with Crippen LogP contribution in [0.25, 0.3) is 0 Å². The molecule has 3 aromatic carbocycles. The van der Waals surface area contributed by atoms with E-state index in [9.17, 15) is 18.0 Å². The molecule has 3 rings (SSSR count). The van der Waals surface area contributed by atoms with Crippen molar-refractivity contribution < 1.29 is 18.0 Å². The molecule has 0 aliphatic heterocycles. The molecule has 0 aliphatic rings. The summed E-state index contributed by atoms with van der Waals surface area (Å²) in [6, 6.07) is 24.8. The lowest BCUT2D eigenvalue weighted by atomic mass is 10.00. The zero-order valence-corrected chi connectivity index (χ0v) is 23.5. The van der Waals surface area contributed by atoms with Crippen molar-refractivity contribution in [3.63, 3.8) is 0 Å². The number of nitrogens with one attached hydrogen (secondary N) is 1. The molecular weight excluding hydrogens is 498 g/mol. The molecule has 0 fully saturated rings. The van der Waals surface area contributed by atoms with E-state index < -0.39 is 34.1 Å². The normalized spacial score (nSPS) is 12.4. The van der Waals surface area contributed by atoms with Crippen LogP contribution in [0, 0.1) is 6.92 Å². The molecule has 7 nitrogen and oxygen atoms in total. The molecular formula is C30H37N3O4S. The van der Waals surface area contributed by atoms with Crippen LogP contribution < -0.4 is 9.62 Å². The van der Waals surface area contributed by atoms with E-state index >= 15 is 0 Å². The summed E-state index contributed by atoms with van der Waals surface area (Å²) in [6.45, 7) is 7.35. The minimum atomic E-state index is -3.78. The van der Waals surface area contributed by atoms with Crippen molar-refractivity contribution in [2.45, 2.75) is 52.2 Å². The smallest absolute Gasteiger partial charge is 0.244 e. The summed E-state index contributed by atoms with van der Waals surface area (Å²) in [7, 11) is -3.78. The molecule has 8 heteroatoms. The second kappa shape index (κ2) is 12.3. The van der Waals surface area contributed by atoms with E-state index in [0.717, 1.165) is 27.3 Å². The van der Waals surface area contributed by atoms with Gasteiger partial charge in [0.1, 0.15) is 12.6 Å². The Morgan fingerprint density at radius 3 is 1.97 bits per heavy atom. The van der Waals surface area contributed by atoms with Crippen LogP contribution in [0.5, 0.6) is 0 Å². The van der Waals surface area contributed by atoms with Crippen molar-refractivity contribution in [2.75, 3.05) is 17.1 Å². The first kappa shape index (κ1) is 28.9. The van der Waals surface area contributed by atoms with Crippen molar-refractivity contribution in [3.8, 4) is 0 Å². The number of anilines is 1. The second-order valence-electron chi connectivity index (χ2n) is 10.5. The van der Waals surface area contributed by atoms with Gasteiger partial charge in [0.15, 0.2) is 0 Å². The molecule has 0 bridgehead atoms. The third-order valence-corrected chi connectivity index (χ3v) is 7.24. The van der Waals surface area contributed by atoms with Gasteiger partial charge in [0.05, 0.1) is 11.9 Å². The number of hydrogen-bond acceptors (Lipinski definition) is 4. The topological polar surface area (TPSA) is 86.8 Å². The third-order valence-electron chi connectivity index (χ3n) is 6.09. The molecule has 0 saturated carbocycles. The molecule has 0 heterocycles. The zero-order chi connectivity index (χ0) is 27.9. The Labute approximate surface area is 226 Å². The minimum absolute atomic E-state index is 0.160. The van der Waals surface area contributed by atoms with Crippen molar-refractivity contribution >= 4 is 27.5 Å². The number of benzene rings is 3. The lowest BCUT2D eigenvalue weighted by Crippen LogP contribution is -2.56. The Morgan fingerprint density at radius 2 is 1.42 bits per heavy atom. The highest BCUT2D eigenvalue weighted by molar-refractivity contribution is 7.92. The predicted molar refractivity (Wildman–Crippen MR) is 152 cm³/mol. The van der Waals surface area contributed by atoms with E-state index in [2.05, 4.69) is 5.32 Å². The highest BCUT2D eigenvalue weighted by Gasteiger charge is 2.34. The standard InChI is InChI=1S/C30H37N3O4S/c1-23-14-12-13-17-25(23)21-32(28(34)22-33(38(5,36)37)26-18-10-7-11-19-26)27(29(35)31-30(2,3)4)20-24-15-8-6-9-16-24/h6-19,27H,20-22H2,1-5H3,(H,31,35). The van der Waals surface area contributed by atoms with E-state index in [1.54, 1.807) is 30.3 Å². The van der Waals surface area contributed by atoms with Crippen LogP contribution in [-0.4, -0.2) is 49.5 Å². The Hall–Kier alpha value is -3.65. The van der Waals surface area contributed by atoms with Gasteiger partial charge in [0.25, 0.3) is 0 Å². The van der Waals surface area contributed by atoms with E-state index in [0.29, 0.717) is 5.69 Å². The van der Waals surface area contributed by atoms with Gasteiger partial charge in [-0.1, -0.05) is 72.8 Å². The van der Waals surface area contributed by atoms with Crippen LogP contribution >= 0.6 is 0 Å². The van der Waals surface area contributed by atoms with Crippen molar-refractivity contribution in [2.24, 2.45) is 0 Å². The fourth-order valence-electron chi connectivity index (χ4n) is 4.19. The van der Waals surface area contributed by atoms with Crippen LogP contribution in [-0.2, 0) is 32.6 Å². The summed E-state index contributed by atoms with van der Waals surface area (Å²) in [5.41, 5.74) is 2.62. The molecule has 2 amide bonds. The van der Waals surface area contributed by atoms with Gasteiger partial charge in [-0.25, -0.2) is 8.42 Å². The second-order valence-corrected chi connectivity index (χ2v) is 12.4. The largest absolute Gasteiger partial charge is 0.350 e. The average Bonchev–Trinajstić information content (AvgIpc) is 2.85. The predicted octanol–water partition coefficient (Wildman–Crippen LogP) is 4.32. The zero-order valence-electron chi connectivity index (χ0n) is 22.7. The van der Waals surface area contributed by atoms with Crippen molar-refractivity contribution in [1.82, 2.24) is 10.2 Å². The highest BCUT2D eigenvalue weighted by atomic mass is 32.2. The maximum absolute atomic E-state index is 14.0. The fourth-order valence-corrected chi connectivity index (χ4v) is 5.04. The molecule has 38 heavy (non-hydrogen) atoms. The number of sulfonamides is 1. The van der Waals surface area contributed by atoms with Crippen LogP contribution in [0.4, 0.5) is 5.69 Å². The van der Waals surface area contributed by atoms with Gasteiger partial charge in [0, 0.05) is 18.5 Å². The monoisotopic (exact) mass is 535 g/mol. The average molecular weight is 536 g/mol. The molecule has 202 valence electrons. The van der Waals surface area contributed by atoms with Crippen LogP contribution in [0.15, 0.2) is 84.9 Å². The van der Waals surface area contributed by atoms with E-state index in [1.807, 2.05) is 82.3 Å². The molecule has 1 N–H and O–H groups in total. The lowest BCUT2D eigenvalue weighted by Gasteiger charge is -2.35. The van der Waals surface area contributed by atoms with Gasteiger partial charge in [-0.15, -0.1) is 0 Å².